The van der Waals surface area contributed by atoms with E-state index >= 15 is 0 Å². The Labute approximate surface area is 106 Å². The van der Waals surface area contributed by atoms with Gasteiger partial charge in [0.15, 0.2) is 5.82 Å². The highest BCUT2D eigenvalue weighted by Crippen LogP contribution is 2.19. The molecule has 2 heterocycles. The monoisotopic (exact) mass is 243 g/mol. The van der Waals surface area contributed by atoms with E-state index in [0.717, 1.165) is 30.3 Å². The third kappa shape index (κ3) is 2.41. The molecule has 18 heavy (non-hydrogen) atoms. The van der Waals surface area contributed by atoms with Gasteiger partial charge in [0.25, 0.3) is 0 Å². The smallest absolute Gasteiger partial charge is 0.156 e. The van der Waals surface area contributed by atoms with Crippen LogP contribution in [-0.4, -0.2) is 25.6 Å². The maximum absolute atomic E-state index is 4.62. The second kappa shape index (κ2) is 4.86. The van der Waals surface area contributed by atoms with Crippen LogP contribution in [0, 0.1) is 0 Å². The number of aryl methyl sites for hydroxylation is 1. The average Bonchev–Trinajstić information content (AvgIpc) is 3.12. The van der Waals surface area contributed by atoms with Crippen LogP contribution in [0.2, 0.25) is 0 Å². The van der Waals surface area contributed by atoms with E-state index < -0.39 is 0 Å². The summed E-state index contributed by atoms with van der Waals surface area (Å²) in [5.74, 6) is 1.86. The molecule has 0 amide bonds. The quantitative estimate of drug-likeness (QED) is 0.864. The molecule has 5 heteroatoms. The van der Waals surface area contributed by atoms with Crippen molar-refractivity contribution in [1.29, 1.82) is 0 Å². The van der Waals surface area contributed by atoms with E-state index in [1.807, 2.05) is 17.0 Å². The average molecular weight is 243 g/mol. The van der Waals surface area contributed by atoms with Crippen LogP contribution >= 0.6 is 0 Å². The van der Waals surface area contributed by atoms with Gasteiger partial charge in [0, 0.05) is 37.6 Å². The first kappa shape index (κ1) is 11.3. The van der Waals surface area contributed by atoms with Gasteiger partial charge in [0.2, 0.25) is 0 Å². The number of rotatable bonds is 5. The Balaban J connectivity index is 1.80. The molecular weight excluding hydrogens is 226 g/mol. The molecule has 0 atom stereocenters. The third-order valence-electron chi connectivity index (χ3n) is 3.10. The van der Waals surface area contributed by atoms with Gasteiger partial charge in [-0.2, -0.15) is 0 Å². The zero-order chi connectivity index (χ0) is 12.4. The Morgan fingerprint density at radius 2 is 2.28 bits per heavy atom. The first-order valence-corrected chi connectivity index (χ1v) is 6.43. The number of hydrogen-bond acceptors (Lipinski definition) is 4. The minimum Gasteiger partial charge on any atom is -0.308 e. The summed E-state index contributed by atoms with van der Waals surface area (Å²) in [6, 6.07) is 0.690. The molecule has 1 saturated carbocycles. The highest BCUT2D eigenvalue weighted by molar-refractivity contribution is 5.22. The molecule has 0 aromatic carbocycles. The van der Waals surface area contributed by atoms with Gasteiger partial charge in [-0.15, -0.1) is 0 Å². The molecule has 1 fully saturated rings. The molecule has 0 bridgehead atoms. The SMILES string of the molecule is CCc1nccn1-c1cncc(CNC2CC2)n1. The van der Waals surface area contributed by atoms with Crippen LogP contribution in [0.3, 0.4) is 0 Å². The molecule has 0 aliphatic heterocycles. The summed E-state index contributed by atoms with van der Waals surface area (Å²) in [6.45, 7) is 2.88. The van der Waals surface area contributed by atoms with Crippen molar-refractivity contribution in [1.82, 2.24) is 24.8 Å². The van der Waals surface area contributed by atoms with Crippen LogP contribution in [0.25, 0.3) is 5.82 Å². The number of imidazole rings is 1. The van der Waals surface area contributed by atoms with Gasteiger partial charge in [0.05, 0.1) is 11.9 Å². The standard InChI is InChI=1S/C13H17N5/c1-2-12-15-5-6-18(12)13-9-14-7-11(17-13)8-16-10-3-4-10/h5-7,9-10,16H,2-4,8H2,1H3. The van der Waals surface area contributed by atoms with E-state index in [4.69, 9.17) is 0 Å². The van der Waals surface area contributed by atoms with Crippen molar-refractivity contribution in [3.63, 3.8) is 0 Å². The van der Waals surface area contributed by atoms with E-state index in [0.29, 0.717) is 6.04 Å². The highest BCUT2D eigenvalue weighted by atomic mass is 15.1. The van der Waals surface area contributed by atoms with Crippen LogP contribution in [0.15, 0.2) is 24.8 Å². The molecule has 1 aliphatic carbocycles. The van der Waals surface area contributed by atoms with Crippen LogP contribution < -0.4 is 5.32 Å². The summed E-state index contributed by atoms with van der Waals surface area (Å²) in [6.07, 6.45) is 10.8. The molecule has 2 aromatic heterocycles. The molecule has 1 N–H and O–H groups in total. The third-order valence-corrected chi connectivity index (χ3v) is 3.10. The Morgan fingerprint density at radius 3 is 3.06 bits per heavy atom. The fourth-order valence-electron chi connectivity index (χ4n) is 1.94. The summed E-state index contributed by atoms with van der Waals surface area (Å²) in [5.41, 5.74) is 0.982. The number of nitrogens with one attached hydrogen (secondary N) is 1. The summed E-state index contributed by atoms with van der Waals surface area (Å²) in [5, 5.41) is 3.45. The summed E-state index contributed by atoms with van der Waals surface area (Å²) >= 11 is 0. The highest BCUT2D eigenvalue weighted by Gasteiger charge is 2.20. The van der Waals surface area contributed by atoms with Crippen molar-refractivity contribution in [2.45, 2.75) is 38.8 Å². The van der Waals surface area contributed by atoms with Crippen LogP contribution in [0.4, 0.5) is 0 Å². The molecule has 0 unspecified atom stereocenters. The minimum atomic E-state index is 0.690. The molecule has 5 nitrogen and oxygen atoms in total. The zero-order valence-electron chi connectivity index (χ0n) is 10.5. The zero-order valence-corrected chi connectivity index (χ0v) is 10.5. The first-order valence-electron chi connectivity index (χ1n) is 6.43. The van der Waals surface area contributed by atoms with Gasteiger partial charge in [-0.25, -0.2) is 9.97 Å². The maximum atomic E-state index is 4.62. The molecule has 3 rings (SSSR count). The second-order valence-corrected chi connectivity index (χ2v) is 4.59. The van der Waals surface area contributed by atoms with Gasteiger partial charge >= 0.3 is 0 Å². The molecule has 2 aromatic rings. The van der Waals surface area contributed by atoms with E-state index in [2.05, 4.69) is 27.2 Å². The molecule has 0 saturated heterocycles. The number of hydrogen-bond donors (Lipinski definition) is 1. The number of nitrogens with zero attached hydrogens (tertiary/aromatic N) is 4. The van der Waals surface area contributed by atoms with Crippen molar-refractivity contribution >= 4 is 0 Å². The van der Waals surface area contributed by atoms with Crippen molar-refractivity contribution in [3.8, 4) is 5.82 Å². The van der Waals surface area contributed by atoms with Crippen molar-refractivity contribution in [3.05, 3.63) is 36.3 Å². The minimum absolute atomic E-state index is 0.690. The summed E-state index contributed by atoms with van der Waals surface area (Å²) in [4.78, 5) is 13.2. The summed E-state index contributed by atoms with van der Waals surface area (Å²) in [7, 11) is 0. The van der Waals surface area contributed by atoms with E-state index in [1.165, 1.54) is 12.8 Å². The molecule has 94 valence electrons. The van der Waals surface area contributed by atoms with Crippen LogP contribution in [-0.2, 0) is 13.0 Å². The summed E-state index contributed by atoms with van der Waals surface area (Å²) < 4.78 is 1.99. The maximum Gasteiger partial charge on any atom is 0.156 e. The lowest BCUT2D eigenvalue weighted by Gasteiger charge is -2.07. The predicted octanol–water partition coefficient (Wildman–Crippen LogP) is 1.48. The van der Waals surface area contributed by atoms with Crippen molar-refractivity contribution < 1.29 is 0 Å². The molecule has 1 aliphatic rings. The Bertz CT molecular complexity index is 530. The van der Waals surface area contributed by atoms with Gasteiger partial charge in [-0.1, -0.05) is 6.92 Å². The molecule has 0 spiro atoms. The van der Waals surface area contributed by atoms with E-state index in [-0.39, 0.29) is 0 Å². The van der Waals surface area contributed by atoms with E-state index in [1.54, 1.807) is 12.4 Å². The largest absolute Gasteiger partial charge is 0.308 e. The lowest BCUT2D eigenvalue weighted by atomic mass is 10.4. The molecular formula is C13H17N5. The first-order chi connectivity index (χ1) is 8.86. The fourth-order valence-corrected chi connectivity index (χ4v) is 1.94. The van der Waals surface area contributed by atoms with Gasteiger partial charge < -0.3 is 5.32 Å². The van der Waals surface area contributed by atoms with Gasteiger partial charge in [-0.3, -0.25) is 9.55 Å². The lowest BCUT2D eigenvalue weighted by molar-refractivity contribution is 0.668. The van der Waals surface area contributed by atoms with Crippen LogP contribution in [0.1, 0.15) is 31.3 Å². The number of aromatic nitrogens is 4. The lowest BCUT2D eigenvalue weighted by Crippen LogP contribution is -2.17. The fraction of sp³-hybridized carbons (Fsp3) is 0.462. The van der Waals surface area contributed by atoms with Crippen molar-refractivity contribution in [2.75, 3.05) is 0 Å². The Hall–Kier alpha value is -1.75. The second-order valence-electron chi connectivity index (χ2n) is 4.59. The molecule has 0 radical (unpaired) electrons. The topological polar surface area (TPSA) is 55.6 Å². The van der Waals surface area contributed by atoms with Crippen molar-refractivity contribution in [2.24, 2.45) is 0 Å². The predicted molar refractivity (Wildman–Crippen MR) is 68.4 cm³/mol. The Kier molecular flexibility index (Phi) is 3.06. The normalized spacial score (nSPS) is 14.9. The van der Waals surface area contributed by atoms with Gasteiger partial charge in [0.1, 0.15) is 5.82 Å². The van der Waals surface area contributed by atoms with Gasteiger partial charge in [-0.05, 0) is 12.8 Å². The van der Waals surface area contributed by atoms with Crippen LogP contribution in [0.5, 0.6) is 0 Å². The Morgan fingerprint density at radius 1 is 1.39 bits per heavy atom. The van der Waals surface area contributed by atoms with E-state index in [9.17, 15) is 0 Å².